The van der Waals surface area contributed by atoms with Crippen LogP contribution in [0.5, 0.6) is 0 Å². The maximum absolute atomic E-state index is 12.0. The van der Waals surface area contributed by atoms with Gasteiger partial charge in [0.15, 0.2) is 0 Å². The highest BCUT2D eigenvalue weighted by atomic mass is 32.1. The van der Waals surface area contributed by atoms with E-state index in [1.54, 1.807) is 18.4 Å². The van der Waals surface area contributed by atoms with Gasteiger partial charge >= 0.3 is 0 Å². The molecule has 1 amide bonds. The van der Waals surface area contributed by atoms with Gasteiger partial charge in [-0.2, -0.15) is 0 Å². The molecule has 1 saturated heterocycles. The molecule has 1 aliphatic heterocycles. The molecular weight excluding hydrogens is 362 g/mol. The molecule has 0 spiro atoms. The minimum atomic E-state index is -0.524. The number of amides is 1. The first-order chi connectivity index (χ1) is 13.1. The first-order valence-electron chi connectivity index (χ1n) is 9.50. The van der Waals surface area contributed by atoms with E-state index in [1.165, 1.54) is 4.88 Å². The molecule has 1 aliphatic rings. The van der Waals surface area contributed by atoms with Crippen LogP contribution in [-0.4, -0.2) is 53.3 Å². The van der Waals surface area contributed by atoms with Crippen molar-refractivity contribution in [3.8, 4) is 0 Å². The molecule has 3 rings (SSSR count). The van der Waals surface area contributed by atoms with Crippen LogP contribution in [0.2, 0.25) is 0 Å². The van der Waals surface area contributed by atoms with Crippen LogP contribution in [0.3, 0.4) is 0 Å². The fourth-order valence-corrected chi connectivity index (χ4v) is 4.42. The van der Waals surface area contributed by atoms with Crippen molar-refractivity contribution in [2.45, 2.75) is 38.0 Å². The number of piperidine rings is 1. The summed E-state index contributed by atoms with van der Waals surface area (Å²) in [5.41, 5.74) is 1.79. The summed E-state index contributed by atoms with van der Waals surface area (Å²) in [6.07, 6.45) is 2.80. The van der Waals surface area contributed by atoms with Crippen molar-refractivity contribution in [1.82, 2.24) is 14.8 Å². The largest absolute Gasteiger partial charge is 0.389 e. The standard InChI is InChI=1S/C20H29N3O3S/c1-21-20(25)19-9-8-17(22(19)2)18-7-3-4-10-23(18)12-15(24)13-26-14-16-6-5-11-27-16/h5-6,8-9,11,15,18,24H,3-4,7,10,12-14H2,1-2H3,(H,21,25). The molecule has 0 aliphatic carbocycles. The van der Waals surface area contributed by atoms with Crippen molar-refractivity contribution in [3.05, 3.63) is 45.9 Å². The van der Waals surface area contributed by atoms with Gasteiger partial charge in [0.2, 0.25) is 0 Å². The molecule has 6 nitrogen and oxygen atoms in total. The Kier molecular flexibility index (Phi) is 7.07. The number of nitrogens with one attached hydrogen (secondary N) is 1. The van der Waals surface area contributed by atoms with Gasteiger partial charge in [-0.1, -0.05) is 12.5 Å². The fourth-order valence-electron chi connectivity index (χ4n) is 3.78. The monoisotopic (exact) mass is 391 g/mol. The van der Waals surface area contributed by atoms with E-state index >= 15 is 0 Å². The highest BCUT2D eigenvalue weighted by Crippen LogP contribution is 2.31. The summed E-state index contributed by atoms with van der Waals surface area (Å²) in [5, 5.41) is 15.2. The minimum absolute atomic E-state index is 0.0758. The Balaban J connectivity index is 1.60. The molecule has 2 aromatic heterocycles. The number of carbonyl (C=O) groups is 1. The van der Waals surface area contributed by atoms with Crippen LogP contribution in [0.15, 0.2) is 29.6 Å². The number of nitrogens with zero attached hydrogens (tertiary/aromatic N) is 2. The highest BCUT2D eigenvalue weighted by Gasteiger charge is 2.28. The lowest BCUT2D eigenvalue weighted by molar-refractivity contribution is -0.00389. The Morgan fingerprint density at radius 2 is 2.26 bits per heavy atom. The summed E-state index contributed by atoms with van der Waals surface area (Å²) in [6.45, 7) is 2.41. The van der Waals surface area contributed by atoms with Gasteiger partial charge in [0, 0.05) is 31.2 Å². The third-order valence-electron chi connectivity index (χ3n) is 5.16. The van der Waals surface area contributed by atoms with Crippen molar-refractivity contribution in [3.63, 3.8) is 0 Å². The molecular formula is C20H29N3O3S. The average Bonchev–Trinajstić information content (AvgIpc) is 3.31. The number of β-amino-alcohol motifs (C(OH)–C–C–N with tert-alkyl or cyclic N) is 1. The quantitative estimate of drug-likeness (QED) is 0.726. The van der Waals surface area contributed by atoms with Gasteiger partial charge in [-0.05, 0) is 43.0 Å². The van der Waals surface area contributed by atoms with Crippen molar-refractivity contribution >= 4 is 17.2 Å². The zero-order valence-electron chi connectivity index (χ0n) is 16.1. The van der Waals surface area contributed by atoms with Crippen LogP contribution >= 0.6 is 11.3 Å². The van der Waals surface area contributed by atoms with Crippen LogP contribution in [0.4, 0.5) is 0 Å². The summed E-state index contributed by atoms with van der Waals surface area (Å²) in [7, 11) is 3.59. The molecule has 2 atom stereocenters. The first-order valence-corrected chi connectivity index (χ1v) is 10.4. The van der Waals surface area contributed by atoms with Gasteiger partial charge in [-0.3, -0.25) is 9.69 Å². The molecule has 148 valence electrons. The summed E-state index contributed by atoms with van der Waals surface area (Å²) in [5.74, 6) is -0.0758. The van der Waals surface area contributed by atoms with Crippen LogP contribution in [0.1, 0.15) is 46.4 Å². The Hall–Kier alpha value is -1.67. The fraction of sp³-hybridized carbons (Fsp3) is 0.550. The lowest BCUT2D eigenvalue weighted by atomic mass is 9.99. The van der Waals surface area contributed by atoms with Gasteiger partial charge in [-0.25, -0.2) is 0 Å². The van der Waals surface area contributed by atoms with Gasteiger partial charge in [-0.15, -0.1) is 11.3 Å². The van der Waals surface area contributed by atoms with E-state index in [1.807, 2.05) is 41.3 Å². The lowest BCUT2D eigenvalue weighted by Crippen LogP contribution is -2.41. The highest BCUT2D eigenvalue weighted by molar-refractivity contribution is 7.09. The molecule has 0 saturated carbocycles. The second kappa shape index (κ2) is 9.50. The SMILES string of the molecule is CNC(=O)c1ccc(C2CCCCN2CC(O)COCc2cccs2)n1C. The summed E-state index contributed by atoms with van der Waals surface area (Å²) >= 11 is 1.66. The van der Waals surface area contributed by atoms with E-state index in [4.69, 9.17) is 4.74 Å². The normalized spacial score (nSPS) is 19.1. The molecule has 0 radical (unpaired) electrons. The van der Waals surface area contributed by atoms with Crippen LogP contribution in [-0.2, 0) is 18.4 Å². The number of carbonyl (C=O) groups excluding carboxylic acids is 1. The smallest absolute Gasteiger partial charge is 0.267 e. The van der Waals surface area contributed by atoms with Crippen molar-refractivity contribution < 1.29 is 14.6 Å². The zero-order chi connectivity index (χ0) is 19.2. The predicted octanol–water partition coefficient (Wildman–Crippen LogP) is 2.55. The second-order valence-corrected chi connectivity index (χ2v) is 8.07. The number of hydrogen-bond donors (Lipinski definition) is 2. The third-order valence-corrected chi connectivity index (χ3v) is 6.01. The van der Waals surface area contributed by atoms with E-state index in [0.29, 0.717) is 25.5 Å². The minimum Gasteiger partial charge on any atom is -0.389 e. The number of aliphatic hydroxyl groups is 1. The van der Waals surface area contributed by atoms with Gasteiger partial charge in [0.25, 0.3) is 5.91 Å². The summed E-state index contributed by atoms with van der Waals surface area (Å²) in [6, 6.07) is 8.17. The van der Waals surface area contributed by atoms with E-state index in [-0.39, 0.29) is 11.9 Å². The zero-order valence-corrected chi connectivity index (χ0v) is 16.9. The molecule has 0 aromatic carbocycles. The topological polar surface area (TPSA) is 66.7 Å². The van der Waals surface area contributed by atoms with Gasteiger partial charge in [0.1, 0.15) is 5.69 Å². The molecule has 2 N–H and O–H groups in total. The van der Waals surface area contributed by atoms with Crippen LogP contribution < -0.4 is 5.32 Å². The number of aromatic nitrogens is 1. The molecule has 7 heteroatoms. The van der Waals surface area contributed by atoms with Crippen molar-refractivity contribution in [2.24, 2.45) is 7.05 Å². The van der Waals surface area contributed by atoms with Gasteiger partial charge < -0.3 is 19.7 Å². The van der Waals surface area contributed by atoms with Crippen molar-refractivity contribution in [1.29, 1.82) is 0 Å². The third kappa shape index (κ3) is 4.99. The Bertz CT molecular complexity index is 729. The van der Waals surface area contributed by atoms with Crippen LogP contribution in [0.25, 0.3) is 0 Å². The Morgan fingerprint density at radius 1 is 1.41 bits per heavy atom. The lowest BCUT2D eigenvalue weighted by Gasteiger charge is -2.37. The van der Waals surface area contributed by atoms with E-state index < -0.39 is 6.10 Å². The second-order valence-electron chi connectivity index (χ2n) is 7.04. The number of thiophene rings is 1. The number of aliphatic hydroxyl groups excluding tert-OH is 1. The van der Waals surface area contributed by atoms with Crippen molar-refractivity contribution in [2.75, 3.05) is 26.7 Å². The number of likely N-dealkylation sites (tertiary alicyclic amines) is 1. The van der Waals surface area contributed by atoms with E-state index in [9.17, 15) is 9.90 Å². The molecule has 2 aromatic rings. The summed E-state index contributed by atoms with van der Waals surface area (Å²) in [4.78, 5) is 15.5. The van der Waals surface area contributed by atoms with E-state index in [2.05, 4.69) is 10.2 Å². The molecule has 2 unspecified atom stereocenters. The Morgan fingerprint density at radius 3 is 3.00 bits per heavy atom. The molecule has 0 bridgehead atoms. The summed E-state index contributed by atoms with van der Waals surface area (Å²) < 4.78 is 7.65. The maximum atomic E-state index is 12.0. The molecule has 27 heavy (non-hydrogen) atoms. The molecule has 1 fully saturated rings. The Labute approximate surface area is 164 Å². The predicted molar refractivity (Wildman–Crippen MR) is 107 cm³/mol. The van der Waals surface area contributed by atoms with Crippen LogP contribution in [0, 0.1) is 0 Å². The maximum Gasteiger partial charge on any atom is 0.267 e. The average molecular weight is 392 g/mol. The molecule has 3 heterocycles. The van der Waals surface area contributed by atoms with Gasteiger partial charge in [0.05, 0.1) is 25.4 Å². The number of rotatable bonds is 8. The number of hydrogen-bond acceptors (Lipinski definition) is 5. The first kappa shape index (κ1) is 20.1. The van der Waals surface area contributed by atoms with E-state index in [0.717, 1.165) is 31.5 Å². The number of ether oxygens (including phenoxy) is 1.